The van der Waals surface area contributed by atoms with Crippen LogP contribution in [0.1, 0.15) is 43.0 Å². The number of anilines is 1. The second-order valence-electron chi connectivity index (χ2n) is 5.28. The molecule has 1 aliphatic rings. The molecule has 0 aliphatic heterocycles. The summed E-state index contributed by atoms with van der Waals surface area (Å²) in [6.45, 7) is 2.18. The van der Waals surface area contributed by atoms with Crippen molar-refractivity contribution >= 4 is 11.6 Å². The molecule has 1 aliphatic carbocycles. The lowest BCUT2D eigenvalue weighted by Gasteiger charge is -2.27. The van der Waals surface area contributed by atoms with Crippen LogP contribution in [-0.2, 0) is 0 Å². The van der Waals surface area contributed by atoms with Gasteiger partial charge in [-0.3, -0.25) is 4.79 Å². The van der Waals surface area contributed by atoms with Crippen molar-refractivity contribution in [3.05, 3.63) is 29.3 Å². The van der Waals surface area contributed by atoms with Crippen LogP contribution in [0.2, 0.25) is 0 Å². The highest BCUT2D eigenvalue weighted by atomic mass is 19.1. The smallest absolute Gasteiger partial charge is 0.254 e. The van der Waals surface area contributed by atoms with E-state index in [9.17, 15) is 13.6 Å². The molecule has 0 spiro atoms. The zero-order chi connectivity index (χ0) is 14.0. The Kier molecular flexibility index (Phi) is 4.02. The number of rotatable bonds is 2. The van der Waals surface area contributed by atoms with E-state index in [1.165, 1.54) is 0 Å². The Hall–Kier alpha value is -1.65. The van der Waals surface area contributed by atoms with Gasteiger partial charge in [-0.05, 0) is 37.7 Å². The van der Waals surface area contributed by atoms with Crippen LogP contribution in [0, 0.1) is 17.6 Å². The van der Waals surface area contributed by atoms with E-state index < -0.39 is 17.5 Å². The first-order valence-electron chi connectivity index (χ1n) is 6.52. The van der Waals surface area contributed by atoms with Gasteiger partial charge in [0.25, 0.3) is 5.91 Å². The zero-order valence-corrected chi connectivity index (χ0v) is 10.9. The average Bonchev–Trinajstić information content (AvgIpc) is 2.36. The lowest BCUT2D eigenvalue weighted by molar-refractivity contribution is 0.0919. The fraction of sp³-hybridized carbons (Fsp3) is 0.500. The molecule has 1 amide bonds. The molecule has 2 rings (SSSR count). The number of carbonyl (C=O) groups is 1. The van der Waals surface area contributed by atoms with E-state index in [1.54, 1.807) is 0 Å². The van der Waals surface area contributed by atoms with E-state index in [4.69, 9.17) is 5.73 Å². The van der Waals surface area contributed by atoms with Crippen molar-refractivity contribution in [2.45, 2.75) is 38.6 Å². The van der Waals surface area contributed by atoms with E-state index in [1.807, 2.05) is 0 Å². The highest BCUT2D eigenvalue weighted by Gasteiger charge is 2.22. The third-order valence-corrected chi connectivity index (χ3v) is 3.68. The van der Waals surface area contributed by atoms with Gasteiger partial charge >= 0.3 is 0 Å². The molecule has 0 atom stereocenters. The number of amides is 1. The molecule has 3 nitrogen and oxygen atoms in total. The van der Waals surface area contributed by atoms with Crippen molar-refractivity contribution in [1.29, 1.82) is 0 Å². The number of nitrogens with two attached hydrogens (primary N) is 1. The molecule has 1 fully saturated rings. The van der Waals surface area contributed by atoms with Crippen LogP contribution in [0.5, 0.6) is 0 Å². The minimum Gasteiger partial charge on any atom is -0.396 e. The van der Waals surface area contributed by atoms with E-state index in [-0.39, 0.29) is 17.3 Å². The lowest BCUT2D eigenvalue weighted by Crippen LogP contribution is -2.37. The molecule has 0 saturated heterocycles. The zero-order valence-electron chi connectivity index (χ0n) is 10.9. The largest absolute Gasteiger partial charge is 0.396 e. The van der Waals surface area contributed by atoms with E-state index >= 15 is 0 Å². The maximum absolute atomic E-state index is 13.5. The molecule has 1 saturated carbocycles. The average molecular weight is 268 g/mol. The number of carbonyl (C=O) groups excluding carboxylic acids is 1. The maximum Gasteiger partial charge on any atom is 0.254 e. The summed E-state index contributed by atoms with van der Waals surface area (Å²) in [5.74, 6) is -1.58. The summed E-state index contributed by atoms with van der Waals surface area (Å²) in [6, 6.07) is 1.76. The SMILES string of the molecule is CC1CCC(NC(=O)c2cc(N)c(F)cc2F)CC1. The topological polar surface area (TPSA) is 55.1 Å². The summed E-state index contributed by atoms with van der Waals surface area (Å²) >= 11 is 0. The quantitative estimate of drug-likeness (QED) is 0.810. The summed E-state index contributed by atoms with van der Waals surface area (Å²) in [5, 5.41) is 2.79. The molecular weight excluding hydrogens is 250 g/mol. The summed E-state index contributed by atoms with van der Waals surface area (Å²) in [5.41, 5.74) is 4.94. The number of benzene rings is 1. The van der Waals surface area contributed by atoms with Crippen molar-refractivity contribution in [3.63, 3.8) is 0 Å². The highest BCUT2D eigenvalue weighted by molar-refractivity contribution is 5.95. The van der Waals surface area contributed by atoms with Gasteiger partial charge in [-0.1, -0.05) is 6.92 Å². The number of hydrogen-bond acceptors (Lipinski definition) is 2. The Balaban J connectivity index is 2.06. The van der Waals surface area contributed by atoms with Crippen LogP contribution < -0.4 is 11.1 Å². The van der Waals surface area contributed by atoms with Gasteiger partial charge in [0.15, 0.2) is 0 Å². The minimum atomic E-state index is -0.881. The second kappa shape index (κ2) is 5.55. The van der Waals surface area contributed by atoms with E-state index in [0.717, 1.165) is 31.7 Å². The summed E-state index contributed by atoms with van der Waals surface area (Å²) in [6.07, 6.45) is 3.90. The molecule has 0 radical (unpaired) electrons. The molecule has 0 bridgehead atoms. The van der Waals surface area contributed by atoms with Crippen molar-refractivity contribution < 1.29 is 13.6 Å². The molecule has 1 aromatic rings. The van der Waals surface area contributed by atoms with Crippen LogP contribution in [0.15, 0.2) is 12.1 Å². The van der Waals surface area contributed by atoms with Crippen molar-refractivity contribution in [2.75, 3.05) is 5.73 Å². The number of hydrogen-bond donors (Lipinski definition) is 2. The van der Waals surface area contributed by atoms with Gasteiger partial charge in [0, 0.05) is 12.1 Å². The van der Waals surface area contributed by atoms with Crippen LogP contribution in [0.25, 0.3) is 0 Å². The molecule has 5 heteroatoms. The third-order valence-electron chi connectivity index (χ3n) is 3.68. The van der Waals surface area contributed by atoms with Gasteiger partial charge < -0.3 is 11.1 Å². The molecule has 3 N–H and O–H groups in total. The fourth-order valence-corrected chi connectivity index (χ4v) is 2.41. The molecule has 0 heterocycles. The first-order valence-corrected chi connectivity index (χ1v) is 6.52. The minimum absolute atomic E-state index is 0.0642. The first kappa shape index (κ1) is 13.8. The van der Waals surface area contributed by atoms with Gasteiger partial charge in [-0.25, -0.2) is 8.78 Å². The van der Waals surface area contributed by atoms with Crippen LogP contribution in [0.3, 0.4) is 0 Å². The van der Waals surface area contributed by atoms with Gasteiger partial charge in [0.05, 0.1) is 11.3 Å². The normalized spacial score (nSPS) is 23.1. The number of nitrogen functional groups attached to an aromatic ring is 1. The summed E-state index contributed by atoms with van der Waals surface area (Å²) < 4.78 is 26.6. The number of halogens is 2. The third kappa shape index (κ3) is 3.22. The van der Waals surface area contributed by atoms with Crippen LogP contribution in [-0.4, -0.2) is 11.9 Å². The van der Waals surface area contributed by atoms with Gasteiger partial charge in [-0.15, -0.1) is 0 Å². The fourth-order valence-electron chi connectivity index (χ4n) is 2.41. The summed E-state index contributed by atoms with van der Waals surface area (Å²) in [4.78, 5) is 11.9. The summed E-state index contributed by atoms with van der Waals surface area (Å²) in [7, 11) is 0. The molecule has 0 aromatic heterocycles. The Morgan fingerprint density at radius 3 is 2.47 bits per heavy atom. The predicted octanol–water partition coefficient (Wildman–Crippen LogP) is 2.86. The Labute approximate surface area is 111 Å². The van der Waals surface area contributed by atoms with E-state index in [2.05, 4.69) is 12.2 Å². The number of nitrogens with one attached hydrogen (secondary N) is 1. The van der Waals surface area contributed by atoms with Crippen molar-refractivity contribution in [3.8, 4) is 0 Å². The molecule has 19 heavy (non-hydrogen) atoms. The Morgan fingerprint density at radius 2 is 1.84 bits per heavy atom. The monoisotopic (exact) mass is 268 g/mol. The van der Waals surface area contributed by atoms with Crippen molar-refractivity contribution in [2.24, 2.45) is 5.92 Å². The van der Waals surface area contributed by atoms with Crippen LogP contribution >= 0.6 is 0 Å². The predicted molar refractivity (Wildman–Crippen MR) is 69.7 cm³/mol. The molecule has 0 unspecified atom stereocenters. The van der Waals surface area contributed by atoms with Crippen molar-refractivity contribution in [1.82, 2.24) is 5.32 Å². The molecule has 1 aromatic carbocycles. The Morgan fingerprint density at radius 1 is 1.21 bits per heavy atom. The van der Waals surface area contributed by atoms with Gasteiger partial charge in [0.1, 0.15) is 11.6 Å². The Bertz CT molecular complexity index is 483. The van der Waals surface area contributed by atoms with E-state index in [0.29, 0.717) is 12.0 Å². The van der Waals surface area contributed by atoms with Gasteiger partial charge in [0.2, 0.25) is 0 Å². The molecule has 104 valence electrons. The first-order chi connectivity index (χ1) is 8.97. The highest BCUT2D eigenvalue weighted by Crippen LogP contribution is 2.24. The lowest BCUT2D eigenvalue weighted by atomic mass is 9.87. The molecular formula is C14H18F2N2O. The second-order valence-corrected chi connectivity index (χ2v) is 5.28. The standard InChI is InChI=1S/C14H18F2N2O/c1-8-2-4-9(5-3-8)18-14(19)10-6-13(17)12(16)7-11(10)15/h6-9H,2-5,17H2,1H3,(H,18,19). The maximum atomic E-state index is 13.5. The van der Waals surface area contributed by atoms with Crippen LogP contribution in [0.4, 0.5) is 14.5 Å². The van der Waals surface area contributed by atoms with Gasteiger partial charge in [-0.2, -0.15) is 0 Å².